The van der Waals surface area contributed by atoms with E-state index in [0.717, 1.165) is 0 Å². The minimum atomic E-state index is -0.282. The second kappa shape index (κ2) is 9.58. The Morgan fingerprint density at radius 3 is 2.52 bits per heavy atom. The molecule has 2 heterocycles. The topological polar surface area (TPSA) is 129 Å². The molecule has 9 heteroatoms. The third-order valence-electron chi connectivity index (χ3n) is 4.36. The Hall–Kier alpha value is -2.84. The summed E-state index contributed by atoms with van der Waals surface area (Å²) in [5.74, 6) is 1.07. The van der Waals surface area contributed by atoms with Crippen molar-refractivity contribution in [2.24, 2.45) is 21.9 Å². The number of nitrogens with two attached hydrogens (primary N) is 2. The summed E-state index contributed by atoms with van der Waals surface area (Å²) in [6, 6.07) is 1.63. The second-order valence-electron chi connectivity index (χ2n) is 8.34. The molecule has 4 N–H and O–H groups in total. The molecule has 1 aliphatic rings. The minimum Gasteiger partial charge on any atom is -0.474 e. The van der Waals surface area contributed by atoms with E-state index in [1.54, 1.807) is 17.0 Å². The lowest BCUT2D eigenvalue weighted by Crippen LogP contribution is -2.42. The molecule has 2 rings (SSSR count). The number of nitrogens with zero attached hydrogens (tertiary/aromatic N) is 4. The minimum absolute atomic E-state index is 0.0430. The molecule has 160 valence electrons. The fourth-order valence-corrected chi connectivity index (χ4v) is 2.60. The zero-order valence-corrected chi connectivity index (χ0v) is 17.9. The summed E-state index contributed by atoms with van der Waals surface area (Å²) >= 11 is 0. The molecule has 9 nitrogen and oxygen atoms in total. The first kappa shape index (κ1) is 22.4. The molecule has 0 atom stereocenters. The fraction of sp³-hybridized carbons (Fsp3) is 0.600. The van der Waals surface area contributed by atoms with Crippen LogP contribution in [0.2, 0.25) is 0 Å². The Labute approximate surface area is 172 Å². The number of aromatic nitrogens is 2. The number of hydrogen-bond donors (Lipinski definition) is 2. The number of aliphatic imine (C=N–C) groups is 1. The predicted molar refractivity (Wildman–Crippen MR) is 112 cm³/mol. The summed E-state index contributed by atoms with van der Waals surface area (Å²) in [5, 5.41) is 0. The maximum absolute atomic E-state index is 12.0. The number of piperidine rings is 1. The van der Waals surface area contributed by atoms with Crippen molar-refractivity contribution in [1.82, 2.24) is 14.9 Å². The molecule has 0 spiro atoms. The molecular formula is C20H32N6O3. The molecule has 29 heavy (non-hydrogen) atoms. The Kier molecular flexibility index (Phi) is 7.41. The molecule has 1 aliphatic heterocycles. The summed E-state index contributed by atoms with van der Waals surface area (Å²) in [6.45, 7) is 10.8. The lowest BCUT2D eigenvalue weighted by Gasteiger charge is -2.31. The monoisotopic (exact) mass is 404 g/mol. The SMILES string of the molecule is CC(C)OC(=O)N1CCC(Oc2cc(/N=C(N)\C=C(/N)C(C)(C)C)ncn2)CC1. The number of amidine groups is 1. The molecule has 0 aliphatic carbocycles. The largest absolute Gasteiger partial charge is 0.474 e. The van der Waals surface area contributed by atoms with Crippen molar-refractivity contribution in [3.05, 3.63) is 24.2 Å². The molecule has 0 saturated carbocycles. The highest BCUT2D eigenvalue weighted by molar-refractivity contribution is 5.93. The Morgan fingerprint density at radius 1 is 1.28 bits per heavy atom. The number of carbonyl (C=O) groups excluding carboxylic acids is 1. The van der Waals surface area contributed by atoms with Gasteiger partial charge in [-0.3, -0.25) is 0 Å². The molecule has 1 amide bonds. The van der Waals surface area contributed by atoms with Crippen LogP contribution < -0.4 is 16.2 Å². The van der Waals surface area contributed by atoms with Gasteiger partial charge in [0, 0.05) is 43.1 Å². The molecule has 1 aromatic rings. The number of hydrogen-bond acceptors (Lipinski definition) is 7. The van der Waals surface area contributed by atoms with E-state index in [2.05, 4.69) is 15.0 Å². The number of allylic oxidation sites excluding steroid dienone is 1. The molecule has 1 saturated heterocycles. The summed E-state index contributed by atoms with van der Waals surface area (Å²) < 4.78 is 11.2. The van der Waals surface area contributed by atoms with E-state index in [1.165, 1.54) is 6.33 Å². The van der Waals surface area contributed by atoms with E-state index in [1.807, 2.05) is 34.6 Å². The highest BCUT2D eigenvalue weighted by Crippen LogP contribution is 2.22. The van der Waals surface area contributed by atoms with Crippen LogP contribution in [-0.2, 0) is 4.74 Å². The van der Waals surface area contributed by atoms with Gasteiger partial charge < -0.3 is 25.8 Å². The molecule has 0 aromatic carbocycles. The van der Waals surface area contributed by atoms with Gasteiger partial charge in [-0.05, 0) is 19.9 Å². The maximum Gasteiger partial charge on any atom is 0.410 e. The number of amides is 1. The van der Waals surface area contributed by atoms with E-state index in [4.69, 9.17) is 20.9 Å². The molecule has 0 radical (unpaired) electrons. The maximum atomic E-state index is 12.0. The zero-order chi connectivity index (χ0) is 21.6. The van der Waals surface area contributed by atoms with Gasteiger partial charge in [0.2, 0.25) is 5.88 Å². The van der Waals surface area contributed by atoms with E-state index in [-0.39, 0.29) is 29.6 Å². The number of rotatable bonds is 5. The first-order valence-electron chi connectivity index (χ1n) is 9.80. The van der Waals surface area contributed by atoms with E-state index in [9.17, 15) is 4.79 Å². The summed E-state index contributed by atoms with van der Waals surface area (Å²) in [6.07, 6.45) is 3.96. The van der Waals surface area contributed by atoms with Gasteiger partial charge >= 0.3 is 6.09 Å². The van der Waals surface area contributed by atoms with Crippen molar-refractivity contribution in [2.45, 2.75) is 59.7 Å². The van der Waals surface area contributed by atoms with Gasteiger partial charge in [-0.2, -0.15) is 0 Å². The van der Waals surface area contributed by atoms with Gasteiger partial charge in [-0.1, -0.05) is 20.8 Å². The lowest BCUT2D eigenvalue weighted by atomic mass is 9.92. The Morgan fingerprint density at radius 2 is 1.93 bits per heavy atom. The standard InChI is InChI=1S/C20H32N6O3/c1-13(2)28-19(27)26-8-6-14(7-9-26)29-18-11-17(23-12-24-18)25-16(22)10-15(21)20(3,4)5/h10-14H,6-9,21H2,1-5H3,(H2,22,23,24,25)/b15-10-. The van der Waals surface area contributed by atoms with Crippen LogP contribution in [0.25, 0.3) is 0 Å². The summed E-state index contributed by atoms with van der Waals surface area (Å²) in [4.78, 5) is 26.2. The van der Waals surface area contributed by atoms with Crippen molar-refractivity contribution in [3.63, 3.8) is 0 Å². The average Bonchev–Trinajstić information content (AvgIpc) is 2.61. The second-order valence-corrected chi connectivity index (χ2v) is 8.34. The third-order valence-corrected chi connectivity index (χ3v) is 4.36. The number of likely N-dealkylation sites (tertiary alicyclic amines) is 1. The quantitative estimate of drug-likeness (QED) is 0.570. The van der Waals surface area contributed by atoms with Gasteiger partial charge in [0.25, 0.3) is 0 Å². The predicted octanol–water partition coefficient (Wildman–Crippen LogP) is 2.74. The highest BCUT2D eigenvalue weighted by Gasteiger charge is 2.25. The van der Waals surface area contributed by atoms with Crippen LogP contribution in [0.1, 0.15) is 47.5 Å². The van der Waals surface area contributed by atoms with Gasteiger partial charge in [-0.15, -0.1) is 0 Å². The molecule has 0 bridgehead atoms. The van der Waals surface area contributed by atoms with Crippen LogP contribution in [0.5, 0.6) is 5.88 Å². The van der Waals surface area contributed by atoms with Gasteiger partial charge in [-0.25, -0.2) is 19.8 Å². The molecular weight excluding hydrogens is 372 g/mol. The van der Waals surface area contributed by atoms with E-state index >= 15 is 0 Å². The zero-order valence-electron chi connectivity index (χ0n) is 17.9. The van der Waals surface area contributed by atoms with Gasteiger partial charge in [0.1, 0.15) is 18.3 Å². The fourth-order valence-electron chi connectivity index (χ4n) is 2.60. The normalized spacial score (nSPS) is 16.8. The van der Waals surface area contributed by atoms with Crippen molar-refractivity contribution in [1.29, 1.82) is 0 Å². The van der Waals surface area contributed by atoms with E-state index in [0.29, 0.717) is 43.3 Å². The average molecular weight is 405 g/mol. The van der Waals surface area contributed by atoms with Crippen molar-refractivity contribution >= 4 is 17.7 Å². The van der Waals surface area contributed by atoms with Crippen LogP contribution in [0.3, 0.4) is 0 Å². The van der Waals surface area contributed by atoms with Crippen LogP contribution >= 0.6 is 0 Å². The first-order valence-corrected chi connectivity index (χ1v) is 9.80. The summed E-state index contributed by atoms with van der Waals surface area (Å²) in [7, 11) is 0. The van der Waals surface area contributed by atoms with Gasteiger partial charge in [0.15, 0.2) is 5.82 Å². The first-order chi connectivity index (χ1) is 13.5. The van der Waals surface area contributed by atoms with Crippen LogP contribution in [0, 0.1) is 5.41 Å². The Balaban J connectivity index is 1.96. The van der Waals surface area contributed by atoms with Crippen molar-refractivity contribution in [2.75, 3.05) is 13.1 Å². The third kappa shape index (κ3) is 7.24. The highest BCUT2D eigenvalue weighted by atomic mass is 16.6. The number of ether oxygens (including phenoxy) is 2. The molecule has 1 fully saturated rings. The Bertz CT molecular complexity index is 762. The molecule has 0 unspecified atom stereocenters. The number of carbonyl (C=O) groups is 1. The van der Waals surface area contributed by atoms with E-state index < -0.39 is 0 Å². The lowest BCUT2D eigenvalue weighted by molar-refractivity contribution is 0.0507. The van der Waals surface area contributed by atoms with Gasteiger partial charge in [0.05, 0.1) is 6.10 Å². The van der Waals surface area contributed by atoms with Crippen LogP contribution in [0.4, 0.5) is 10.6 Å². The van der Waals surface area contributed by atoms with Crippen molar-refractivity contribution in [3.8, 4) is 5.88 Å². The van der Waals surface area contributed by atoms with Crippen LogP contribution in [0.15, 0.2) is 29.2 Å². The van der Waals surface area contributed by atoms with Crippen LogP contribution in [-0.4, -0.2) is 52.1 Å². The van der Waals surface area contributed by atoms with Crippen molar-refractivity contribution < 1.29 is 14.3 Å². The smallest absolute Gasteiger partial charge is 0.410 e. The summed E-state index contributed by atoms with van der Waals surface area (Å²) in [5.41, 5.74) is 12.4. The molecule has 1 aromatic heterocycles.